The van der Waals surface area contributed by atoms with Gasteiger partial charge >= 0.3 is 0 Å². The number of rotatable bonds is 4. The largest absolute Gasteiger partial charge is 0.419 e. The minimum Gasteiger partial charge on any atom is -0.419 e. The first-order valence-electron chi connectivity index (χ1n) is 5.93. The van der Waals surface area contributed by atoms with Crippen molar-refractivity contribution in [2.24, 2.45) is 0 Å². The van der Waals surface area contributed by atoms with Crippen molar-refractivity contribution in [3.8, 4) is 11.5 Å². The van der Waals surface area contributed by atoms with Crippen molar-refractivity contribution in [2.75, 3.05) is 7.05 Å². The van der Waals surface area contributed by atoms with Gasteiger partial charge in [0.1, 0.15) is 0 Å². The zero-order valence-electron chi connectivity index (χ0n) is 10.7. The molecule has 0 spiro atoms. The first kappa shape index (κ1) is 13.2. The molecule has 1 N–H and O–H groups in total. The van der Waals surface area contributed by atoms with Crippen molar-refractivity contribution in [1.82, 2.24) is 15.5 Å². The highest BCUT2D eigenvalue weighted by molar-refractivity contribution is 9.10. The summed E-state index contributed by atoms with van der Waals surface area (Å²) in [5.74, 6) is 1.20. The van der Waals surface area contributed by atoms with E-state index in [4.69, 9.17) is 4.42 Å². The molecule has 0 aliphatic heterocycles. The van der Waals surface area contributed by atoms with Gasteiger partial charge in [-0.3, -0.25) is 0 Å². The van der Waals surface area contributed by atoms with E-state index in [0.717, 1.165) is 22.0 Å². The lowest BCUT2D eigenvalue weighted by molar-refractivity contribution is 0.415. The van der Waals surface area contributed by atoms with Crippen LogP contribution in [-0.4, -0.2) is 17.2 Å². The Morgan fingerprint density at radius 2 is 2.17 bits per heavy atom. The van der Waals surface area contributed by atoms with Crippen molar-refractivity contribution in [2.45, 2.75) is 26.3 Å². The van der Waals surface area contributed by atoms with Gasteiger partial charge in [-0.1, -0.05) is 22.9 Å². The molecule has 96 valence electrons. The van der Waals surface area contributed by atoms with Crippen LogP contribution in [0.1, 0.15) is 30.8 Å². The third kappa shape index (κ3) is 2.62. The van der Waals surface area contributed by atoms with Crippen molar-refractivity contribution < 1.29 is 4.42 Å². The number of aromatic nitrogens is 2. The van der Waals surface area contributed by atoms with Gasteiger partial charge in [-0.2, -0.15) is 0 Å². The van der Waals surface area contributed by atoms with Gasteiger partial charge in [-0.05, 0) is 44.2 Å². The Hall–Kier alpha value is -1.20. The van der Waals surface area contributed by atoms with Gasteiger partial charge in [0, 0.05) is 10.0 Å². The standard InChI is InChI=1S/C13H16BrN3O/c1-4-11(15-3)13-17-16-12(18-13)9-5-6-10(14)8(2)7-9/h5-7,11,15H,4H2,1-3H3. The van der Waals surface area contributed by atoms with E-state index in [2.05, 4.69) is 38.4 Å². The number of hydrogen-bond donors (Lipinski definition) is 1. The topological polar surface area (TPSA) is 51.0 Å². The molecular formula is C13H16BrN3O. The van der Waals surface area contributed by atoms with Crippen LogP contribution in [-0.2, 0) is 0 Å². The third-order valence-electron chi connectivity index (χ3n) is 2.90. The first-order valence-corrected chi connectivity index (χ1v) is 6.72. The molecule has 0 radical (unpaired) electrons. The number of hydrogen-bond acceptors (Lipinski definition) is 4. The molecule has 0 fully saturated rings. The number of nitrogens with zero attached hydrogens (tertiary/aromatic N) is 2. The zero-order valence-corrected chi connectivity index (χ0v) is 12.3. The zero-order chi connectivity index (χ0) is 13.1. The quantitative estimate of drug-likeness (QED) is 0.939. The maximum atomic E-state index is 5.71. The normalized spacial score (nSPS) is 12.7. The summed E-state index contributed by atoms with van der Waals surface area (Å²) in [6.45, 7) is 4.11. The lowest BCUT2D eigenvalue weighted by atomic mass is 10.1. The van der Waals surface area contributed by atoms with Crippen LogP contribution in [0, 0.1) is 6.92 Å². The molecule has 0 aliphatic rings. The third-order valence-corrected chi connectivity index (χ3v) is 3.79. The lowest BCUT2D eigenvalue weighted by Gasteiger charge is -2.07. The number of benzene rings is 1. The summed E-state index contributed by atoms with van der Waals surface area (Å²) in [4.78, 5) is 0. The Morgan fingerprint density at radius 3 is 2.78 bits per heavy atom. The van der Waals surface area contributed by atoms with E-state index in [1.807, 2.05) is 32.2 Å². The molecule has 2 rings (SSSR count). The van der Waals surface area contributed by atoms with E-state index in [9.17, 15) is 0 Å². The van der Waals surface area contributed by atoms with Crippen LogP contribution < -0.4 is 5.32 Å². The van der Waals surface area contributed by atoms with Crippen molar-refractivity contribution in [3.63, 3.8) is 0 Å². The van der Waals surface area contributed by atoms with E-state index in [1.54, 1.807) is 0 Å². The summed E-state index contributed by atoms with van der Waals surface area (Å²) >= 11 is 3.48. The summed E-state index contributed by atoms with van der Waals surface area (Å²) in [5.41, 5.74) is 2.09. The molecule has 1 atom stereocenters. The van der Waals surface area contributed by atoms with Crippen LogP contribution in [0.2, 0.25) is 0 Å². The molecule has 2 aromatic rings. The molecule has 1 heterocycles. The molecule has 0 saturated carbocycles. The van der Waals surface area contributed by atoms with Gasteiger partial charge in [0.05, 0.1) is 6.04 Å². The molecule has 0 saturated heterocycles. The summed E-state index contributed by atoms with van der Waals surface area (Å²) in [6.07, 6.45) is 0.914. The van der Waals surface area contributed by atoms with E-state index in [-0.39, 0.29) is 6.04 Å². The molecule has 5 heteroatoms. The van der Waals surface area contributed by atoms with Crippen LogP contribution >= 0.6 is 15.9 Å². The molecule has 0 bridgehead atoms. The molecule has 18 heavy (non-hydrogen) atoms. The number of aryl methyl sites for hydroxylation is 1. The van der Waals surface area contributed by atoms with Gasteiger partial charge in [0.2, 0.25) is 11.8 Å². The Kier molecular flexibility index (Phi) is 4.14. The van der Waals surface area contributed by atoms with Gasteiger partial charge in [0.25, 0.3) is 0 Å². The maximum Gasteiger partial charge on any atom is 0.247 e. The van der Waals surface area contributed by atoms with E-state index in [0.29, 0.717) is 11.8 Å². The molecule has 0 amide bonds. The van der Waals surface area contributed by atoms with Gasteiger partial charge in [-0.25, -0.2) is 0 Å². The summed E-state index contributed by atoms with van der Waals surface area (Å²) in [5, 5.41) is 11.3. The van der Waals surface area contributed by atoms with Crippen molar-refractivity contribution >= 4 is 15.9 Å². The van der Waals surface area contributed by atoms with E-state index in [1.165, 1.54) is 0 Å². The second-order valence-corrected chi connectivity index (χ2v) is 5.01. The minimum absolute atomic E-state index is 0.114. The molecule has 1 unspecified atom stereocenters. The molecular weight excluding hydrogens is 294 g/mol. The summed E-state index contributed by atoms with van der Waals surface area (Å²) in [6, 6.07) is 6.10. The predicted octanol–water partition coefficient (Wildman–Crippen LogP) is 3.48. The highest BCUT2D eigenvalue weighted by atomic mass is 79.9. The average Bonchev–Trinajstić information content (AvgIpc) is 2.84. The van der Waals surface area contributed by atoms with Crippen LogP contribution in [0.15, 0.2) is 27.1 Å². The monoisotopic (exact) mass is 309 g/mol. The number of halogens is 1. The maximum absolute atomic E-state index is 5.71. The van der Waals surface area contributed by atoms with Gasteiger partial charge < -0.3 is 9.73 Å². The first-order chi connectivity index (χ1) is 8.65. The van der Waals surface area contributed by atoms with Crippen molar-refractivity contribution in [1.29, 1.82) is 0 Å². The fourth-order valence-corrected chi connectivity index (χ4v) is 2.02. The summed E-state index contributed by atoms with van der Waals surface area (Å²) < 4.78 is 6.78. The Morgan fingerprint density at radius 1 is 1.39 bits per heavy atom. The second kappa shape index (κ2) is 5.63. The Bertz CT molecular complexity index is 535. The fourth-order valence-electron chi connectivity index (χ4n) is 1.77. The van der Waals surface area contributed by atoms with Crippen LogP contribution in [0.4, 0.5) is 0 Å². The van der Waals surface area contributed by atoms with E-state index >= 15 is 0 Å². The van der Waals surface area contributed by atoms with Crippen LogP contribution in [0.25, 0.3) is 11.5 Å². The molecule has 1 aromatic heterocycles. The molecule has 4 nitrogen and oxygen atoms in total. The second-order valence-electron chi connectivity index (χ2n) is 4.16. The summed E-state index contributed by atoms with van der Waals surface area (Å²) in [7, 11) is 1.89. The lowest BCUT2D eigenvalue weighted by Crippen LogP contribution is -2.15. The highest BCUT2D eigenvalue weighted by Crippen LogP contribution is 2.25. The fraction of sp³-hybridized carbons (Fsp3) is 0.385. The van der Waals surface area contributed by atoms with Gasteiger partial charge in [-0.15, -0.1) is 10.2 Å². The predicted molar refractivity (Wildman–Crippen MR) is 74.3 cm³/mol. The molecule has 0 aliphatic carbocycles. The Labute approximate surface area is 115 Å². The van der Waals surface area contributed by atoms with E-state index < -0.39 is 0 Å². The highest BCUT2D eigenvalue weighted by Gasteiger charge is 2.15. The average molecular weight is 310 g/mol. The van der Waals surface area contributed by atoms with Gasteiger partial charge in [0.15, 0.2) is 0 Å². The molecule has 1 aromatic carbocycles. The number of nitrogens with one attached hydrogen (secondary N) is 1. The SMILES string of the molecule is CCC(NC)c1nnc(-c2ccc(Br)c(C)c2)o1. The van der Waals surface area contributed by atoms with Crippen molar-refractivity contribution in [3.05, 3.63) is 34.1 Å². The minimum atomic E-state index is 0.114. The van der Waals surface area contributed by atoms with Crippen LogP contribution in [0.5, 0.6) is 0 Å². The van der Waals surface area contributed by atoms with Crippen LogP contribution in [0.3, 0.4) is 0 Å². The Balaban J connectivity index is 2.31. The smallest absolute Gasteiger partial charge is 0.247 e.